The van der Waals surface area contributed by atoms with Crippen molar-refractivity contribution in [1.29, 1.82) is 5.26 Å². The lowest BCUT2D eigenvalue weighted by atomic mass is 10.0. The van der Waals surface area contributed by atoms with Gasteiger partial charge in [-0.2, -0.15) is 5.26 Å². The molecule has 1 aromatic rings. The van der Waals surface area contributed by atoms with Gasteiger partial charge in [-0.3, -0.25) is 4.79 Å². The Hall–Kier alpha value is -2.81. The molecule has 6 heteroatoms. The maximum absolute atomic E-state index is 12.0. The van der Waals surface area contributed by atoms with Crippen molar-refractivity contribution in [2.24, 2.45) is 0 Å². The van der Waals surface area contributed by atoms with Crippen LogP contribution in [-0.4, -0.2) is 38.1 Å². The van der Waals surface area contributed by atoms with Gasteiger partial charge in [-0.25, -0.2) is 4.79 Å². The summed E-state index contributed by atoms with van der Waals surface area (Å²) in [5.74, 6) is -1.21. The average Bonchev–Trinajstić information content (AvgIpc) is 2.57. The van der Waals surface area contributed by atoms with E-state index >= 15 is 0 Å². The van der Waals surface area contributed by atoms with E-state index in [4.69, 9.17) is 10.00 Å². The zero-order chi connectivity index (χ0) is 19.0. The smallest absolute Gasteiger partial charge is 0.349 e. The fraction of sp³-hybridized carbons (Fsp3) is 0.421. The standard InChI is InChI=1S/C19H25N3O3/c1-6-19(2,3)21-17(23)13-25-18(24)15(12-20)11-14-7-9-16(10-8-14)22(4)5/h7-11H,6,13H2,1-5H3,(H,21,23)/b15-11+. The normalized spacial score (nSPS) is 11.4. The number of anilines is 1. The number of amides is 1. The first-order valence-corrected chi connectivity index (χ1v) is 8.06. The van der Waals surface area contributed by atoms with Crippen molar-refractivity contribution in [1.82, 2.24) is 5.32 Å². The predicted octanol–water partition coefficient (Wildman–Crippen LogP) is 2.51. The summed E-state index contributed by atoms with van der Waals surface area (Å²) in [6.07, 6.45) is 2.19. The van der Waals surface area contributed by atoms with E-state index in [1.807, 2.05) is 58.0 Å². The molecule has 0 aliphatic carbocycles. The van der Waals surface area contributed by atoms with Crippen molar-refractivity contribution in [2.45, 2.75) is 32.7 Å². The van der Waals surface area contributed by atoms with Crippen LogP contribution in [0, 0.1) is 11.3 Å². The highest BCUT2D eigenvalue weighted by atomic mass is 16.5. The molecule has 0 spiro atoms. The van der Waals surface area contributed by atoms with Crippen LogP contribution in [0.4, 0.5) is 5.69 Å². The van der Waals surface area contributed by atoms with E-state index in [9.17, 15) is 9.59 Å². The average molecular weight is 343 g/mol. The third-order valence-electron chi connectivity index (χ3n) is 3.76. The molecule has 0 saturated carbocycles. The highest BCUT2D eigenvalue weighted by Gasteiger charge is 2.19. The molecule has 1 amide bonds. The third kappa shape index (κ3) is 6.68. The van der Waals surface area contributed by atoms with Crippen LogP contribution in [0.2, 0.25) is 0 Å². The number of carbonyl (C=O) groups excluding carboxylic acids is 2. The minimum Gasteiger partial charge on any atom is -0.451 e. The molecule has 0 unspecified atom stereocenters. The molecule has 1 rings (SSSR count). The Morgan fingerprint density at radius 1 is 1.28 bits per heavy atom. The van der Waals surface area contributed by atoms with Crippen LogP contribution < -0.4 is 10.2 Å². The summed E-state index contributed by atoms with van der Waals surface area (Å²) < 4.78 is 4.93. The number of benzene rings is 1. The number of nitrogens with zero attached hydrogens (tertiary/aromatic N) is 2. The number of hydrogen-bond donors (Lipinski definition) is 1. The van der Waals surface area contributed by atoms with Gasteiger partial charge >= 0.3 is 5.97 Å². The Bertz CT molecular complexity index is 683. The Morgan fingerprint density at radius 2 is 1.88 bits per heavy atom. The number of hydrogen-bond acceptors (Lipinski definition) is 5. The van der Waals surface area contributed by atoms with Crippen molar-refractivity contribution in [3.8, 4) is 6.07 Å². The van der Waals surface area contributed by atoms with E-state index in [0.29, 0.717) is 5.56 Å². The molecule has 0 heterocycles. The van der Waals surface area contributed by atoms with Gasteiger partial charge in [0, 0.05) is 25.3 Å². The van der Waals surface area contributed by atoms with Crippen LogP contribution in [0.1, 0.15) is 32.8 Å². The SMILES string of the molecule is CCC(C)(C)NC(=O)COC(=O)/C(C#N)=C/c1ccc(N(C)C)cc1. The van der Waals surface area contributed by atoms with E-state index < -0.39 is 18.5 Å². The maximum Gasteiger partial charge on any atom is 0.349 e. The van der Waals surface area contributed by atoms with E-state index in [0.717, 1.165) is 12.1 Å². The van der Waals surface area contributed by atoms with Gasteiger partial charge in [0.2, 0.25) is 0 Å². The molecule has 0 fully saturated rings. The molecular weight excluding hydrogens is 318 g/mol. The minimum absolute atomic E-state index is 0.153. The van der Waals surface area contributed by atoms with Crippen LogP contribution >= 0.6 is 0 Å². The number of rotatable bonds is 7. The van der Waals surface area contributed by atoms with Gasteiger partial charge in [0.1, 0.15) is 11.6 Å². The van der Waals surface area contributed by atoms with E-state index in [1.165, 1.54) is 6.08 Å². The van der Waals surface area contributed by atoms with Crippen LogP contribution in [0.3, 0.4) is 0 Å². The van der Waals surface area contributed by atoms with Gasteiger partial charge in [0.05, 0.1) is 0 Å². The van der Waals surface area contributed by atoms with Crippen LogP contribution in [0.25, 0.3) is 6.08 Å². The summed E-state index contributed by atoms with van der Waals surface area (Å²) in [7, 11) is 3.85. The fourth-order valence-corrected chi connectivity index (χ4v) is 1.88. The highest BCUT2D eigenvalue weighted by Crippen LogP contribution is 2.15. The van der Waals surface area contributed by atoms with Gasteiger partial charge in [-0.05, 0) is 44.0 Å². The van der Waals surface area contributed by atoms with E-state index in [1.54, 1.807) is 12.1 Å². The van der Waals surface area contributed by atoms with Crippen LogP contribution in [0.5, 0.6) is 0 Å². The molecule has 0 bridgehead atoms. The first kappa shape index (κ1) is 20.2. The molecule has 0 aliphatic rings. The second-order valence-electron chi connectivity index (χ2n) is 6.52. The van der Waals surface area contributed by atoms with E-state index in [-0.39, 0.29) is 11.1 Å². The summed E-state index contributed by atoms with van der Waals surface area (Å²) in [6.45, 7) is 5.29. The monoisotopic (exact) mass is 343 g/mol. The first-order valence-electron chi connectivity index (χ1n) is 8.06. The molecule has 0 saturated heterocycles. The number of carbonyl (C=O) groups is 2. The molecule has 6 nitrogen and oxygen atoms in total. The fourth-order valence-electron chi connectivity index (χ4n) is 1.88. The van der Waals surface area contributed by atoms with Gasteiger partial charge in [0.25, 0.3) is 5.91 Å². The molecule has 25 heavy (non-hydrogen) atoms. The molecule has 0 aromatic heterocycles. The Labute approximate surface area is 149 Å². The zero-order valence-corrected chi connectivity index (χ0v) is 15.4. The predicted molar refractivity (Wildman–Crippen MR) is 97.8 cm³/mol. The molecule has 0 aliphatic heterocycles. The summed E-state index contributed by atoms with van der Waals surface area (Å²) in [5, 5.41) is 11.9. The summed E-state index contributed by atoms with van der Waals surface area (Å²) in [6, 6.07) is 9.18. The topological polar surface area (TPSA) is 82.4 Å². The number of esters is 1. The summed E-state index contributed by atoms with van der Waals surface area (Å²) >= 11 is 0. The quantitative estimate of drug-likeness (QED) is 0.467. The first-order chi connectivity index (χ1) is 11.7. The van der Waals surface area contributed by atoms with Crippen molar-refractivity contribution in [2.75, 3.05) is 25.6 Å². The second-order valence-corrected chi connectivity index (χ2v) is 6.52. The van der Waals surface area contributed by atoms with Crippen molar-refractivity contribution >= 4 is 23.6 Å². The lowest BCUT2D eigenvalue weighted by Crippen LogP contribution is -2.44. The Morgan fingerprint density at radius 3 is 2.36 bits per heavy atom. The van der Waals surface area contributed by atoms with Gasteiger partial charge in [0.15, 0.2) is 6.61 Å². The molecular formula is C19H25N3O3. The Balaban J connectivity index is 2.71. The lowest BCUT2D eigenvalue weighted by molar-refractivity contribution is -0.144. The largest absolute Gasteiger partial charge is 0.451 e. The van der Waals surface area contributed by atoms with Crippen molar-refractivity contribution in [3.05, 3.63) is 35.4 Å². The zero-order valence-electron chi connectivity index (χ0n) is 15.4. The molecule has 134 valence electrons. The molecule has 1 N–H and O–H groups in total. The van der Waals surface area contributed by atoms with Crippen LogP contribution in [0.15, 0.2) is 29.8 Å². The van der Waals surface area contributed by atoms with E-state index in [2.05, 4.69) is 5.32 Å². The summed E-state index contributed by atoms with van der Waals surface area (Å²) in [4.78, 5) is 25.7. The third-order valence-corrected chi connectivity index (χ3v) is 3.76. The maximum atomic E-state index is 12.0. The second kappa shape index (κ2) is 8.88. The molecule has 0 radical (unpaired) electrons. The van der Waals surface area contributed by atoms with Gasteiger partial charge < -0.3 is 15.0 Å². The van der Waals surface area contributed by atoms with Crippen LogP contribution in [-0.2, 0) is 14.3 Å². The number of nitriles is 1. The minimum atomic E-state index is -0.816. The molecule has 1 aromatic carbocycles. The molecule has 0 atom stereocenters. The number of nitrogens with one attached hydrogen (secondary N) is 1. The highest BCUT2D eigenvalue weighted by molar-refractivity contribution is 5.98. The lowest BCUT2D eigenvalue weighted by Gasteiger charge is -2.24. The van der Waals surface area contributed by atoms with Crippen molar-refractivity contribution < 1.29 is 14.3 Å². The van der Waals surface area contributed by atoms with Gasteiger partial charge in [-0.15, -0.1) is 0 Å². The van der Waals surface area contributed by atoms with Crippen molar-refractivity contribution in [3.63, 3.8) is 0 Å². The summed E-state index contributed by atoms with van der Waals surface area (Å²) in [5.41, 5.74) is 1.19. The number of ether oxygens (including phenoxy) is 1. The Kier molecular flexibility index (Phi) is 7.19. The van der Waals surface area contributed by atoms with Gasteiger partial charge in [-0.1, -0.05) is 19.1 Å².